The van der Waals surface area contributed by atoms with E-state index in [2.05, 4.69) is 0 Å². The van der Waals surface area contributed by atoms with Crippen molar-refractivity contribution in [3.63, 3.8) is 0 Å². The van der Waals surface area contributed by atoms with Crippen LogP contribution in [0.15, 0.2) is 0 Å². The van der Waals surface area contributed by atoms with Gasteiger partial charge in [-0.05, 0) is 91.9 Å². The maximum Gasteiger partial charge on any atom is 0.410 e. The van der Waals surface area contributed by atoms with Gasteiger partial charge in [0, 0.05) is 46.2 Å². The molecule has 0 unspecified atom stereocenters. The van der Waals surface area contributed by atoms with Crippen LogP contribution >= 0.6 is 0 Å². The van der Waals surface area contributed by atoms with Crippen molar-refractivity contribution in [1.82, 2.24) is 14.7 Å². The highest BCUT2D eigenvalue weighted by Gasteiger charge is 2.33. The summed E-state index contributed by atoms with van der Waals surface area (Å²) in [5.74, 6) is 1.17. The third-order valence-corrected chi connectivity index (χ3v) is 6.60. The zero-order valence-corrected chi connectivity index (χ0v) is 22.7. The SMILES string of the molecule is CN(CC1CCN(C(=O)[C@H]2CC[C@H](CN(C)C(=O)OC(C)(C)C)CC2)CC1)C(=O)OC(C)(C)C. The van der Waals surface area contributed by atoms with Gasteiger partial charge in [-0.1, -0.05) is 0 Å². The smallest absolute Gasteiger partial charge is 0.410 e. The van der Waals surface area contributed by atoms with Crippen molar-refractivity contribution in [3.05, 3.63) is 0 Å². The summed E-state index contributed by atoms with van der Waals surface area (Å²) in [5, 5.41) is 0. The number of piperidine rings is 1. The van der Waals surface area contributed by atoms with E-state index in [0.717, 1.165) is 51.6 Å². The second-order valence-electron chi connectivity index (χ2n) is 12.2. The molecule has 0 aromatic carbocycles. The normalized spacial score (nSPS) is 22.2. The van der Waals surface area contributed by atoms with E-state index in [0.29, 0.717) is 24.9 Å². The highest BCUT2D eigenvalue weighted by atomic mass is 16.6. The van der Waals surface area contributed by atoms with Gasteiger partial charge in [0.25, 0.3) is 0 Å². The molecule has 2 aliphatic rings. The summed E-state index contributed by atoms with van der Waals surface area (Å²) in [4.78, 5) is 42.9. The average molecular weight is 482 g/mol. The lowest BCUT2D eigenvalue weighted by atomic mass is 9.80. The Morgan fingerprint density at radius 1 is 0.706 bits per heavy atom. The molecule has 1 saturated carbocycles. The molecule has 1 heterocycles. The van der Waals surface area contributed by atoms with Crippen molar-refractivity contribution in [2.75, 3.05) is 40.3 Å². The van der Waals surface area contributed by atoms with Crippen molar-refractivity contribution in [2.24, 2.45) is 17.8 Å². The first-order valence-corrected chi connectivity index (χ1v) is 12.8. The lowest BCUT2D eigenvalue weighted by Gasteiger charge is -2.37. The van der Waals surface area contributed by atoms with Crippen molar-refractivity contribution >= 4 is 18.1 Å². The zero-order chi connectivity index (χ0) is 25.7. The fourth-order valence-electron chi connectivity index (χ4n) is 4.79. The largest absolute Gasteiger partial charge is 0.444 e. The average Bonchev–Trinajstić information content (AvgIpc) is 2.72. The summed E-state index contributed by atoms with van der Waals surface area (Å²) in [5.41, 5.74) is -0.987. The van der Waals surface area contributed by atoms with E-state index in [4.69, 9.17) is 9.47 Å². The van der Waals surface area contributed by atoms with Gasteiger partial charge in [0.15, 0.2) is 0 Å². The van der Waals surface area contributed by atoms with Crippen LogP contribution in [0.3, 0.4) is 0 Å². The van der Waals surface area contributed by atoms with E-state index in [-0.39, 0.29) is 24.0 Å². The first-order chi connectivity index (χ1) is 15.6. The van der Waals surface area contributed by atoms with Crippen LogP contribution in [0, 0.1) is 17.8 Å². The lowest BCUT2D eigenvalue weighted by molar-refractivity contribution is -0.138. The monoisotopic (exact) mass is 481 g/mol. The molecule has 1 aliphatic carbocycles. The molecule has 8 heteroatoms. The molecule has 8 nitrogen and oxygen atoms in total. The van der Waals surface area contributed by atoms with Gasteiger partial charge in [-0.15, -0.1) is 0 Å². The summed E-state index contributed by atoms with van der Waals surface area (Å²) in [6.45, 7) is 14.1. The van der Waals surface area contributed by atoms with E-state index < -0.39 is 11.2 Å². The number of nitrogens with zero attached hydrogens (tertiary/aromatic N) is 3. The molecule has 3 amide bonds. The summed E-state index contributed by atoms with van der Waals surface area (Å²) in [7, 11) is 3.57. The molecule has 0 aromatic rings. The quantitative estimate of drug-likeness (QED) is 0.565. The van der Waals surface area contributed by atoms with Gasteiger partial charge in [-0.3, -0.25) is 4.79 Å². The molecule has 196 valence electrons. The molecule has 0 aromatic heterocycles. The Labute approximate surface area is 206 Å². The number of hydrogen-bond acceptors (Lipinski definition) is 5. The number of hydrogen-bond donors (Lipinski definition) is 0. The van der Waals surface area contributed by atoms with Crippen LogP contribution < -0.4 is 0 Å². The second kappa shape index (κ2) is 11.6. The van der Waals surface area contributed by atoms with Crippen LogP contribution in [0.25, 0.3) is 0 Å². The molecule has 0 bridgehead atoms. The number of rotatable bonds is 5. The Kier molecular flexibility index (Phi) is 9.66. The summed E-state index contributed by atoms with van der Waals surface area (Å²) >= 11 is 0. The van der Waals surface area contributed by atoms with Gasteiger partial charge in [0.2, 0.25) is 5.91 Å². The first kappa shape index (κ1) is 28.2. The molecule has 0 N–H and O–H groups in total. The van der Waals surface area contributed by atoms with E-state index in [1.54, 1.807) is 23.9 Å². The Morgan fingerprint density at radius 2 is 1.09 bits per heavy atom. The molecule has 0 spiro atoms. The van der Waals surface area contributed by atoms with Crippen LogP contribution in [0.1, 0.15) is 80.1 Å². The van der Waals surface area contributed by atoms with Gasteiger partial charge in [0.05, 0.1) is 0 Å². The molecular weight excluding hydrogens is 434 g/mol. The Balaban J connectivity index is 1.71. The van der Waals surface area contributed by atoms with Crippen molar-refractivity contribution in [1.29, 1.82) is 0 Å². The summed E-state index contributed by atoms with van der Waals surface area (Å²) < 4.78 is 10.9. The van der Waals surface area contributed by atoms with Crippen LogP contribution in [0.5, 0.6) is 0 Å². The molecule has 0 radical (unpaired) electrons. The zero-order valence-electron chi connectivity index (χ0n) is 22.7. The van der Waals surface area contributed by atoms with Gasteiger partial charge < -0.3 is 24.2 Å². The van der Waals surface area contributed by atoms with Crippen molar-refractivity contribution in [2.45, 2.75) is 91.3 Å². The number of amides is 3. The van der Waals surface area contributed by atoms with Crippen molar-refractivity contribution < 1.29 is 23.9 Å². The molecule has 2 fully saturated rings. The predicted octanol–water partition coefficient (Wildman–Crippen LogP) is 4.77. The first-order valence-electron chi connectivity index (χ1n) is 12.8. The lowest BCUT2D eigenvalue weighted by Crippen LogP contribution is -2.45. The predicted molar refractivity (Wildman–Crippen MR) is 132 cm³/mol. The number of carbonyl (C=O) groups is 3. The Hall–Kier alpha value is -1.99. The third kappa shape index (κ3) is 9.34. The molecule has 0 atom stereocenters. The Morgan fingerprint density at radius 3 is 1.47 bits per heavy atom. The van der Waals surface area contributed by atoms with E-state index in [1.807, 2.05) is 46.4 Å². The minimum Gasteiger partial charge on any atom is -0.444 e. The molecule has 1 saturated heterocycles. The van der Waals surface area contributed by atoms with Crippen LogP contribution in [0.4, 0.5) is 9.59 Å². The number of carbonyl (C=O) groups excluding carboxylic acids is 3. The van der Waals surface area contributed by atoms with Gasteiger partial charge in [-0.2, -0.15) is 0 Å². The molecular formula is C26H47N3O5. The molecule has 1 aliphatic heterocycles. The topological polar surface area (TPSA) is 79.4 Å². The minimum atomic E-state index is -0.495. The van der Waals surface area contributed by atoms with Crippen molar-refractivity contribution in [3.8, 4) is 0 Å². The Bertz CT molecular complexity index is 638. The fourth-order valence-corrected chi connectivity index (χ4v) is 4.79. The van der Waals surface area contributed by atoms with E-state index in [9.17, 15) is 14.4 Å². The highest BCUT2D eigenvalue weighted by molar-refractivity contribution is 5.79. The maximum absolute atomic E-state index is 13.1. The molecule has 34 heavy (non-hydrogen) atoms. The van der Waals surface area contributed by atoms with Crippen LogP contribution in [-0.2, 0) is 14.3 Å². The second-order valence-corrected chi connectivity index (χ2v) is 12.2. The third-order valence-electron chi connectivity index (χ3n) is 6.60. The van der Waals surface area contributed by atoms with E-state index >= 15 is 0 Å². The van der Waals surface area contributed by atoms with Crippen LogP contribution in [0.2, 0.25) is 0 Å². The van der Waals surface area contributed by atoms with Gasteiger partial charge >= 0.3 is 12.2 Å². The standard InChI is InChI=1S/C26H47N3O5/c1-25(2,3)33-23(31)27(7)17-19-9-11-21(12-10-19)22(30)29-15-13-20(14-16-29)18-28(8)24(32)34-26(4,5)6/h19-21H,9-18H2,1-8H3/t19-,21-. The maximum atomic E-state index is 13.1. The summed E-state index contributed by atoms with van der Waals surface area (Å²) in [6.07, 6.45) is 4.93. The van der Waals surface area contributed by atoms with Crippen LogP contribution in [-0.4, -0.2) is 84.3 Å². The van der Waals surface area contributed by atoms with Gasteiger partial charge in [-0.25, -0.2) is 9.59 Å². The summed E-state index contributed by atoms with van der Waals surface area (Å²) in [6, 6.07) is 0. The minimum absolute atomic E-state index is 0.0871. The number of likely N-dealkylation sites (tertiary alicyclic amines) is 1. The highest BCUT2D eigenvalue weighted by Crippen LogP contribution is 2.32. The molecule has 2 rings (SSSR count). The van der Waals surface area contributed by atoms with E-state index in [1.165, 1.54) is 0 Å². The number of ether oxygens (including phenoxy) is 2. The fraction of sp³-hybridized carbons (Fsp3) is 0.885. The van der Waals surface area contributed by atoms with Gasteiger partial charge in [0.1, 0.15) is 11.2 Å².